The fraction of sp³-hybridized carbons (Fsp3) is 0.533. The molecule has 1 aliphatic heterocycles. The molecule has 1 N–H and O–H groups in total. The third-order valence-corrected chi connectivity index (χ3v) is 4.15. The Morgan fingerprint density at radius 3 is 2.81 bits per heavy atom. The molecule has 116 valence electrons. The van der Waals surface area contributed by atoms with E-state index in [1.807, 2.05) is 6.92 Å². The first-order valence-electron chi connectivity index (χ1n) is 6.90. The van der Waals surface area contributed by atoms with Gasteiger partial charge < -0.3 is 19.5 Å². The van der Waals surface area contributed by atoms with Crippen LogP contribution in [0.2, 0.25) is 5.02 Å². The lowest BCUT2D eigenvalue weighted by molar-refractivity contribution is 0.0696. The average molecular weight is 314 g/mol. The molecule has 0 aromatic heterocycles. The Morgan fingerprint density at radius 2 is 2.24 bits per heavy atom. The van der Waals surface area contributed by atoms with Crippen molar-refractivity contribution in [3.63, 3.8) is 0 Å². The number of carbonyl (C=O) groups is 1. The van der Waals surface area contributed by atoms with E-state index in [1.54, 1.807) is 20.1 Å². The van der Waals surface area contributed by atoms with E-state index in [9.17, 15) is 9.90 Å². The Bertz CT molecular complexity index is 535. The van der Waals surface area contributed by atoms with Crippen molar-refractivity contribution >= 4 is 23.3 Å². The van der Waals surface area contributed by atoms with E-state index in [-0.39, 0.29) is 17.7 Å². The molecule has 1 aromatic rings. The summed E-state index contributed by atoms with van der Waals surface area (Å²) >= 11 is 6.09. The van der Waals surface area contributed by atoms with E-state index in [2.05, 4.69) is 4.90 Å². The van der Waals surface area contributed by atoms with Crippen molar-refractivity contribution in [1.29, 1.82) is 0 Å². The molecular formula is C15H20ClNO4. The number of nitrogens with zero attached hydrogens (tertiary/aromatic N) is 1. The first-order valence-corrected chi connectivity index (χ1v) is 7.28. The van der Waals surface area contributed by atoms with Gasteiger partial charge in [-0.25, -0.2) is 4.79 Å². The molecule has 0 saturated carbocycles. The van der Waals surface area contributed by atoms with Crippen molar-refractivity contribution in [2.75, 3.05) is 31.8 Å². The van der Waals surface area contributed by atoms with Gasteiger partial charge in [0.15, 0.2) is 0 Å². The maximum absolute atomic E-state index is 11.4. The van der Waals surface area contributed by atoms with Gasteiger partial charge in [-0.1, -0.05) is 11.6 Å². The number of carboxylic acids is 1. The maximum Gasteiger partial charge on any atom is 0.336 e. The number of methoxy groups -OCH3 is 1. The Kier molecular flexibility index (Phi) is 5.08. The molecule has 0 spiro atoms. The van der Waals surface area contributed by atoms with Crippen LogP contribution in [0.3, 0.4) is 0 Å². The summed E-state index contributed by atoms with van der Waals surface area (Å²) in [6, 6.07) is 3.34. The van der Waals surface area contributed by atoms with Gasteiger partial charge in [0.1, 0.15) is 6.10 Å². The normalized spacial score (nSPS) is 21.5. The molecule has 21 heavy (non-hydrogen) atoms. The lowest BCUT2D eigenvalue weighted by atomic mass is 10.0. The van der Waals surface area contributed by atoms with Crippen LogP contribution in [0.4, 0.5) is 5.69 Å². The van der Waals surface area contributed by atoms with Crippen molar-refractivity contribution in [1.82, 2.24) is 0 Å². The second-order valence-corrected chi connectivity index (χ2v) is 5.50. The topological polar surface area (TPSA) is 59.0 Å². The van der Waals surface area contributed by atoms with Crippen LogP contribution < -0.4 is 4.90 Å². The smallest absolute Gasteiger partial charge is 0.336 e. The monoisotopic (exact) mass is 313 g/mol. The van der Waals surface area contributed by atoms with Crippen LogP contribution in [-0.2, 0) is 9.47 Å². The van der Waals surface area contributed by atoms with Gasteiger partial charge in [0, 0.05) is 24.4 Å². The van der Waals surface area contributed by atoms with Crippen molar-refractivity contribution in [2.45, 2.75) is 26.0 Å². The lowest BCUT2D eigenvalue weighted by Gasteiger charge is -2.33. The predicted octanol–water partition coefficient (Wildman–Crippen LogP) is 2.59. The fourth-order valence-corrected chi connectivity index (χ4v) is 3.02. The highest BCUT2D eigenvalue weighted by molar-refractivity contribution is 6.31. The van der Waals surface area contributed by atoms with E-state index < -0.39 is 5.97 Å². The third-order valence-electron chi connectivity index (χ3n) is 3.93. The number of anilines is 1. The van der Waals surface area contributed by atoms with Gasteiger partial charge in [-0.3, -0.25) is 0 Å². The average Bonchev–Trinajstić information content (AvgIpc) is 2.91. The van der Waals surface area contributed by atoms with Crippen LogP contribution >= 0.6 is 11.6 Å². The van der Waals surface area contributed by atoms with Gasteiger partial charge in [0.2, 0.25) is 0 Å². The number of ether oxygens (including phenoxy) is 2. The molecule has 1 aromatic carbocycles. The second-order valence-electron chi connectivity index (χ2n) is 5.07. The second kappa shape index (κ2) is 6.64. The van der Waals surface area contributed by atoms with Crippen molar-refractivity contribution < 1.29 is 19.4 Å². The number of aromatic carboxylic acids is 1. The van der Waals surface area contributed by atoms with Gasteiger partial charge >= 0.3 is 5.97 Å². The minimum Gasteiger partial charge on any atom is -0.478 e. The Balaban J connectivity index is 2.45. The molecule has 0 radical (unpaired) electrons. The quantitative estimate of drug-likeness (QED) is 0.905. The molecule has 2 atom stereocenters. The van der Waals surface area contributed by atoms with Crippen LogP contribution in [-0.4, -0.2) is 50.1 Å². The molecular weight excluding hydrogens is 294 g/mol. The van der Waals surface area contributed by atoms with Crippen molar-refractivity contribution in [3.8, 4) is 0 Å². The zero-order chi connectivity index (χ0) is 15.6. The van der Waals surface area contributed by atoms with E-state index in [0.717, 1.165) is 5.69 Å². The molecule has 1 fully saturated rings. The molecule has 0 bridgehead atoms. The van der Waals surface area contributed by atoms with Crippen molar-refractivity contribution in [2.24, 2.45) is 0 Å². The summed E-state index contributed by atoms with van der Waals surface area (Å²) in [6.45, 7) is 5.64. The van der Waals surface area contributed by atoms with Gasteiger partial charge in [-0.05, 0) is 31.5 Å². The molecule has 2 rings (SSSR count). The van der Waals surface area contributed by atoms with Crippen LogP contribution in [0.5, 0.6) is 0 Å². The first kappa shape index (κ1) is 16.1. The molecule has 5 nitrogen and oxygen atoms in total. The summed E-state index contributed by atoms with van der Waals surface area (Å²) < 4.78 is 11.0. The van der Waals surface area contributed by atoms with Crippen LogP contribution in [0.15, 0.2) is 12.1 Å². The fourth-order valence-electron chi connectivity index (χ4n) is 2.81. The van der Waals surface area contributed by atoms with Crippen LogP contribution in [0.1, 0.15) is 22.8 Å². The Labute approximate surface area is 129 Å². The first-order chi connectivity index (χ1) is 9.99. The number of hydrogen-bond acceptors (Lipinski definition) is 4. The highest BCUT2D eigenvalue weighted by atomic mass is 35.5. The van der Waals surface area contributed by atoms with Gasteiger partial charge in [0.05, 0.1) is 24.8 Å². The molecule has 6 heteroatoms. The lowest BCUT2D eigenvalue weighted by Crippen LogP contribution is -2.44. The minimum atomic E-state index is -0.974. The zero-order valence-electron chi connectivity index (χ0n) is 12.4. The highest BCUT2D eigenvalue weighted by Gasteiger charge is 2.34. The van der Waals surface area contributed by atoms with Crippen LogP contribution in [0, 0.1) is 6.92 Å². The van der Waals surface area contributed by atoms with E-state index in [0.29, 0.717) is 30.3 Å². The standard InChI is InChI=1S/C15H20ClNO4/c1-4-17(13-7-21-8-14(13)20-3)12-6-10(16)5-11(9(12)2)15(18)19/h5-6,13-14H,4,7-8H2,1-3H3,(H,18,19)/t13-,14-/m1/s1. The Hall–Kier alpha value is -1.30. The number of likely N-dealkylation sites (N-methyl/N-ethyl adjacent to an activating group) is 1. The molecule has 1 aliphatic rings. The summed E-state index contributed by atoms with van der Waals surface area (Å²) in [4.78, 5) is 13.5. The maximum atomic E-state index is 11.4. The number of halogens is 1. The number of carboxylic acid groups (broad SMARTS) is 1. The summed E-state index contributed by atoms with van der Waals surface area (Å²) in [7, 11) is 1.66. The number of rotatable bonds is 5. The molecule has 0 unspecified atom stereocenters. The number of hydrogen-bond donors (Lipinski definition) is 1. The van der Waals surface area contributed by atoms with Crippen LogP contribution in [0.25, 0.3) is 0 Å². The van der Waals surface area contributed by atoms with E-state index >= 15 is 0 Å². The van der Waals surface area contributed by atoms with E-state index in [1.165, 1.54) is 6.07 Å². The molecule has 1 saturated heterocycles. The third kappa shape index (κ3) is 3.15. The minimum absolute atomic E-state index is 0.0309. The SMILES string of the molecule is CCN(c1cc(Cl)cc(C(=O)O)c1C)[C@@H]1COC[C@H]1OC. The molecule has 0 aliphatic carbocycles. The predicted molar refractivity (Wildman–Crippen MR) is 81.6 cm³/mol. The van der Waals surface area contributed by atoms with Gasteiger partial charge in [0.25, 0.3) is 0 Å². The Morgan fingerprint density at radius 1 is 1.52 bits per heavy atom. The van der Waals surface area contributed by atoms with Gasteiger partial charge in [-0.2, -0.15) is 0 Å². The summed E-state index contributed by atoms with van der Waals surface area (Å²) in [6.07, 6.45) is -0.0309. The number of benzene rings is 1. The summed E-state index contributed by atoms with van der Waals surface area (Å²) in [5.41, 5.74) is 1.75. The zero-order valence-corrected chi connectivity index (χ0v) is 13.2. The van der Waals surface area contributed by atoms with Gasteiger partial charge in [-0.15, -0.1) is 0 Å². The summed E-state index contributed by atoms with van der Waals surface area (Å²) in [5.74, 6) is -0.974. The van der Waals surface area contributed by atoms with Crippen molar-refractivity contribution in [3.05, 3.63) is 28.3 Å². The largest absolute Gasteiger partial charge is 0.478 e. The van der Waals surface area contributed by atoms with E-state index in [4.69, 9.17) is 21.1 Å². The summed E-state index contributed by atoms with van der Waals surface area (Å²) in [5, 5.41) is 9.72. The molecule has 0 amide bonds. The molecule has 1 heterocycles. The highest BCUT2D eigenvalue weighted by Crippen LogP contribution is 2.31.